The number of alkyl halides is 3. The van der Waals surface area contributed by atoms with E-state index in [1.54, 1.807) is 18.2 Å². The number of amides is 1. The van der Waals surface area contributed by atoms with E-state index in [1.807, 2.05) is 12.1 Å². The molecule has 0 aromatic heterocycles. The summed E-state index contributed by atoms with van der Waals surface area (Å²) in [5.41, 5.74) is 1.02. The van der Waals surface area contributed by atoms with Crippen LogP contribution in [0.4, 0.5) is 18.9 Å². The highest BCUT2D eigenvalue weighted by Crippen LogP contribution is 2.36. The molecule has 2 rings (SSSR count). The highest BCUT2D eigenvalue weighted by Gasteiger charge is 2.47. The van der Waals surface area contributed by atoms with Gasteiger partial charge in [0.2, 0.25) is 5.91 Å². The number of rotatable bonds is 7. The van der Waals surface area contributed by atoms with Gasteiger partial charge in [-0.1, -0.05) is 51.3 Å². The number of anilines is 1. The smallest absolute Gasteiger partial charge is 0.325 e. The fourth-order valence-electron chi connectivity index (χ4n) is 3.33. The zero-order valence-electron chi connectivity index (χ0n) is 16.4. The first-order valence-electron chi connectivity index (χ1n) is 9.12. The lowest BCUT2D eigenvalue weighted by Crippen LogP contribution is -2.38. The molecule has 1 N–H and O–H groups in total. The van der Waals surface area contributed by atoms with Gasteiger partial charge in [0.05, 0.1) is 6.54 Å². The first kappa shape index (κ1) is 21.7. The quantitative estimate of drug-likeness (QED) is 0.664. The van der Waals surface area contributed by atoms with E-state index < -0.39 is 23.7 Å². The van der Waals surface area contributed by atoms with Gasteiger partial charge in [-0.15, -0.1) is 0 Å². The normalized spacial score (nSPS) is 18.0. The fourth-order valence-corrected chi connectivity index (χ4v) is 3.33. The maximum absolute atomic E-state index is 13.2. The molecule has 1 aliphatic rings. The lowest BCUT2D eigenvalue weighted by molar-refractivity contribution is -0.119. The van der Waals surface area contributed by atoms with E-state index in [4.69, 9.17) is 0 Å². The van der Waals surface area contributed by atoms with Crippen molar-refractivity contribution in [1.29, 1.82) is 0 Å². The molecule has 7 heteroatoms. The summed E-state index contributed by atoms with van der Waals surface area (Å²) in [6, 6.07) is 7.12. The number of nitrogens with one attached hydrogen (secondary N) is 1. The summed E-state index contributed by atoms with van der Waals surface area (Å²) in [4.78, 5) is 12.7. The van der Waals surface area contributed by atoms with Crippen LogP contribution >= 0.6 is 0 Å². The second-order valence-corrected chi connectivity index (χ2v) is 7.41. The monoisotopic (exact) mass is 393 g/mol. The SMILES string of the molecule is C=CC(=C)C(CC(C)C)c1ccccc1NC(=O)C1CN(C)N=C1C(F)(F)F. The van der Waals surface area contributed by atoms with E-state index in [9.17, 15) is 18.0 Å². The van der Waals surface area contributed by atoms with Crippen LogP contribution in [0.2, 0.25) is 0 Å². The molecule has 0 spiro atoms. The van der Waals surface area contributed by atoms with Crippen LogP contribution in [0, 0.1) is 11.8 Å². The van der Waals surface area contributed by atoms with Crippen LogP contribution in [-0.2, 0) is 4.79 Å². The summed E-state index contributed by atoms with van der Waals surface area (Å²) < 4.78 is 39.7. The number of hydrogen-bond acceptors (Lipinski definition) is 3. The van der Waals surface area contributed by atoms with Crippen molar-refractivity contribution >= 4 is 17.3 Å². The third-order valence-electron chi connectivity index (χ3n) is 4.67. The molecule has 152 valence electrons. The topological polar surface area (TPSA) is 44.7 Å². The van der Waals surface area contributed by atoms with Crippen LogP contribution in [0.25, 0.3) is 0 Å². The molecule has 1 aromatic rings. The molecule has 4 nitrogen and oxygen atoms in total. The Bertz CT molecular complexity index is 783. The fraction of sp³-hybridized carbons (Fsp3) is 0.429. The molecule has 2 unspecified atom stereocenters. The van der Waals surface area contributed by atoms with Crippen LogP contribution in [-0.4, -0.2) is 36.4 Å². The van der Waals surface area contributed by atoms with Crippen molar-refractivity contribution < 1.29 is 18.0 Å². The maximum Gasteiger partial charge on any atom is 0.432 e. The maximum atomic E-state index is 13.2. The van der Waals surface area contributed by atoms with E-state index in [1.165, 1.54) is 7.05 Å². The number of carbonyl (C=O) groups is 1. The van der Waals surface area contributed by atoms with E-state index in [0.29, 0.717) is 11.6 Å². The Morgan fingerprint density at radius 1 is 1.39 bits per heavy atom. The van der Waals surface area contributed by atoms with Crippen LogP contribution in [0.3, 0.4) is 0 Å². The van der Waals surface area contributed by atoms with Crippen LogP contribution in [0.1, 0.15) is 31.7 Å². The molecule has 0 saturated heterocycles. The Morgan fingerprint density at radius 2 is 2.04 bits per heavy atom. The average Bonchev–Trinajstić information content (AvgIpc) is 3.02. The molecule has 0 saturated carbocycles. The zero-order chi connectivity index (χ0) is 21.1. The molecule has 1 heterocycles. The third-order valence-corrected chi connectivity index (χ3v) is 4.67. The van der Waals surface area contributed by atoms with Gasteiger partial charge in [-0.25, -0.2) is 0 Å². The van der Waals surface area contributed by atoms with Gasteiger partial charge < -0.3 is 5.32 Å². The second-order valence-electron chi connectivity index (χ2n) is 7.41. The molecule has 0 bridgehead atoms. The Balaban J connectivity index is 2.32. The predicted molar refractivity (Wildman–Crippen MR) is 106 cm³/mol. The van der Waals surface area contributed by atoms with E-state index in [2.05, 4.69) is 37.4 Å². The number of nitrogens with zero attached hydrogens (tertiary/aromatic N) is 2. The lowest BCUT2D eigenvalue weighted by Gasteiger charge is -2.24. The molecule has 2 atom stereocenters. The molecule has 0 fully saturated rings. The van der Waals surface area contributed by atoms with Crippen molar-refractivity contribution in [2.45, 2.75) is 32.4 Å². The largest absolute Gasteiger partial charge is 0.432 e. The zero-order valence-corrected chi connectivity index (χ0v) is 16.4. The minimum Gasteiger partial charge on any atom is -0.325 e. The first-order valence-corrected chi connectivity index (χ1v) is 9.12. The number of carbonyl (C=O) groups excluding carboxylic acids is 1. The number of hydrogen-bond donors (Lipinski definition) is 1. The Kier molecular flexibility index (Phi) is 6.69. The van der Waals surface area contributed by atoms with Gasteiger partial charge >= 0.3 is 6.18 Å². The van der Waals surface area contributed by atoms with E-state index >= 15 is 0 Å². The third kappa shape index (κ3) is 5.03. The van der Waals surface area contributed by atoms with Crippen molar-refractivity contribution in [2.75, 3.05) is 18.9 Å². The van der Waals surface area contributed by atoms with Crippen molar-refractivity contribution in [3.63, 3.8) is 0 Å². The van der Waals surface area contributed by atoms with E-state index in [0.717, 1.165) is 22.6 Å². The Labute approximate surface area is 163 Å². The van der Waals surface area contributed by atoms with Crippen molar-refractivity contribution in [3.8, 4) is 0 Å². The minimum atomic E-state index is -4.65. The van der Waals surface area contributed by atoms with Crippen molar-refractivity contribution in [3.05, 3.63) is 54.6 Å². The molecular weight excluding hydrogens is 367 g/mol. The molecular formula is C21H26F3N3O. The highest BCUT2D eigenvalue weighted by molar-refractivity contribution is 6.12. The van der Waals surface area contributed by atoms with Gasteiger partial charge in [-0.05, 0) is 29.5 Å². The lowest BCUT2D eigenvalue weighted by atomic mass is 9.84. The molecule has 0 radical (unpaired) electrons. The molecule has 1 aliphatic heterocycles. The van der Waals surface area contributed by atoms with Crippen molar-refractivity contribution in [1.82, 2.24) is 5.01 Å². The molecule has 0 aliphatic carbocycles. The summed E-state index contributed by atoms with van der Waals surface area (Å²) >= 11 is 0. The summed E-state index contributed by atoms with van der Waals surface area (Å²) in [6.07, 6.45) is -2.20. The summed E-state index contributed by atoms with van der Waals surface area (Å²) in [5, 5.41) is 7.30. The number of benzene rings is 1. The van der Waals surface area contributed by atoms with E-state index in [-0.39, 0.29) is 12.5 Å². The summed E-state index contributed by atoms with van der Waals surface area (Å²) in [6.45, 7) is 11.9. The van der Waals surface area contributed by atoms with Crippen LogP contribution in [0.5, 0.6) is 0 Å². The average molecular weight is 393 g/mol. The number of halogens is 3. The van der Waals surface area contributed by atoms with Gasteiger partial charge in [-0.2, -0.15) is 18.3 Å². The van der Waals surface area contributed by atoms with Gasteiger partial charge in [0.15, 0.2) is 5.71 Å². The highest BCUT2D eigenvalue weighted by atomic mass is 19.4. The standard InChI is InChI=1S/C21H26F3N3O/c1-6-14(4)16(11-13(2)3)15-9-7-8-10-18(15)25-20(28)17-12-27(5)26-19(17)21(22,23)24/h6-10,13,16-17H,1,4,11-12H2,2-3,5H3,(H,25,28). The van der Waals surface area contributed by atoms with Crippen molar-refractivity contribution in [2.24, 2.45) is 16.9 Å². The van der Waals surface area contributed by atoms with Gasteiger partial charge in [0.25, 0.3) is 0 Å². The predicted octanol–water partition coefficient (Wildman–Crippen LogP) is 4.98. The Hall–Kier alpha value is -2.57. The van der Waals surface area contributed by atoms with Crippen LogP contribution < -0.4 is 5.32 Å². The molecule has 1 aromatic carbocycles. The number of hydrazone groups is 1. The van der Waals surface area contributed by atoms with Gasteiger partial charge in [0, 0.05) is 18.7 Å². The second kappa shape index (κ2) is 8.63. The number of allylic oxidation sites excluding steroid dienone is 2. The molecule has 1 amide bonds. The summed E-state index contributed by atoms with van der Waals surface area (Å²) in [5.74, 6) is -1.82. The van der Waals surface area contributed by atoms with Crippen LogP contribution in [0.15, 0.2) is 54.2 Å². The summed E-state index contributed by atoms with van der Waals surface area (Å²) in [7, 11) is 1.42. The molecule has 28 heavy (non-hydrogen) atoms. The van der Waals surface area contributed by atoms with Gasteiger partial charge in [-0.3, -0.25) is 9.80 Å². The van der Waals surface area contributed by atoms with Gasteiger partial charge in [0.1, 0.15) is 5.92 Å². The first-order chi connectivity index (χ1) is 13.0. The minimum absolute atomic E-state index is 0.0870. The Morgan fingerprint density at radius 3 is 2.61 bits per heavy atom. The number of para-hydroxylation sites is 1.